The van der Waals surface area contributed by atoms with E-state index in [1.54, 1.807) is 0 Å². The largest absolute Gasteiger partial charge is 2.00 e. The number of aliphatic hydroxyl groups excluding tert-OH is 4. The molecule has 0 aromatic heterocycles. The smallest absolute Gasteiger partial charge is 0.395 e. The Morgan fingerprint density at radius 1 is 0.560 bits per heavy atom. The van der Waals surface area contributed by atoms with E-state index in [2.05, 4.69) is 0 Å². The summed E-state index contributed by atoms with van der Waals surface area (Å²) in [5.41, 5.74) is 0. The van der Waals surface area contributed by atoms with Gasteiger partial charge in [-0.3, -0.25) is 9.80 Å². The van der Waals surface area contributed by atoms with Crippen LogP contribution in [0, 0.1) is 30.6 Å². The molecule has 0 atom stereocenters. The van der Waals surface area contributed by atoms with E-state index < -0.39 is 10.2 Å². The van der Waals surface area contributed by atoms with Crippen LogP contribution in [-0.2, 0) is 17.1 Å². The van der Waals surface area contributed by atoms with Crippen molar-refractivity contribution < 1.29 is 47.7 Å². The van der Waals surface area contributed by atoms with Gasteiger partial charge in [-0.25, -0.2) is 0 Å². The van der Waals surface area contributed by atoms with Gasteiger partial charge in [-0.1, -0.05) is 0 Å². The molecule has 25 heavy (non-hydrogen) atoms. The van der Waals surface area contributed by atoms with Crippen LogP contribution in [0.1, 0.15) is 0 Å². The van der Waals surface area contributed by atoms with Crippen molar-refractivity contribution in [3.8, 4) is 0 Å². The zero-order chi connectivity index (χ0) is 19.4. The SMILES string of the molecule is O=[N+]([O-])[O-].O=[N+]([O-])[O-].OCCN(CCO)CCN(CCO)CCO.[Mn+2]. The van der Waals surface area contributed by atoms with E-state index in [1.165, 1.54) is 0 Å². The fourth-order valence-corrected chi connectivity index (χ4v) is 1.52. The monoisotopic (exact) mass is 415 g/mol. The van der Waals surface area contributed by atoms with Crippen molar-refractivity contribution >= 4 is 0 Å². The van der Waals surface area contributed by atoms with Gasteiger partial charge in [0.05, 0.1) is 36.6 Å². The van der Waals surface area contributed by atoms with Crippen LogP contribution in [0.4, 0.5) is 0 Å². The summed E-state index contributed by atoms with van der Waals surface area (Å²) in [6, 6.07) is 0. The molecule has 1 radical (unpaired) electrons. The molecule has 0 spiro atoms. The van der Waals surface area contributed by atoms with Gasteiger partial charge in [0.2, 0.25) is 0 Å². The third kappa shape index (κ3) is 39.5. The Hall–Kier alpha value is -1.32. The first kappa shape index (κ1) is 31.4. The summed E-state index contributed by atoms with van der Waals surface area (Å²) >= 11 is 0. The maximum Gasteiger partial charge on any atom is 2.00 e. The number of hydrogen-bond acceptors (Lipinski definition) is 12. The third-order valence-electron chi connectivity index (χ3n) is 2.40. The quantitative estimate of drug-likeness (QED) is 0.151. The zero-order valence-corrected chi connectivity index (χ0v) is 14.7. The molecule has 0 aliphatic heterocycles. The van der Waals surface area contributed by atoms with Gasteiger partial charge >= 0.3 is 17.1 Å². The Morgan fingerprint density at radius 2 is 0.720 bits per heavy atom. The summed E-state index contributed by atoms with van der Waals surface area (Å²) in [4.78, 5) is 20.4. The van der Waals surface area contributed by atoms with Gasteiger partial charge in [0.1, 0.15) is 0 Å². The Kier molecular flexibility index (Phi) is 31.4. The predicted molar refractivity (Wildman–Crippen MR) is 81.9 cm³/mol. The molecule has 0 aromatic rings. The Bertz CT molecular complexity index is 255. The average molecular weight is 415 g/mol. The van der Waals surface area contributed by atoms with E-state index in [4.69, 9.17) is 51.1 Å². The number of rotatable bonds is 11. The van der Waals surface area contributed by atoms with Crippen LogP contribution in [0.25, 0.3) is 0 Å². The molecule has 0 amide bonds. The molecular formula is C10H24MnN4O10. The van der Waals surface area contributed by atoms with Crippen LogP contribution in [0.2, 0.25) is 0 Å². The Labute approximate surface area is 154 Å². The summed E-state index contributed by atoms with van der Waals surface area (Å²) in [5.74, 6) is 0. The topological polar surface area (TPSA) is 220 Å². The van der Waals surface area contributed by atoms with Crippen molar-refractivity contribution in [3.05, 3.63) is 30.6 Å². The Balaban J connectivity index is -0.000000205. The first-order valence-corrected chi connectivity index (χ1v) is 6.76. The van der Waals surface area contributed by atoms with Crippen LogP contribution < -0.4 is 0 Å². The molecule has 0 saturated heterocycles. The molecular weight excluding hydrogens is 391 g/mol. The van der Waals surface area contributed by atoms with Crippen molar-refractivity contribution in [2.45, 2.75) is 0 Å². The van der Waals surface area contributed by atoms with Crippen LogP contribution in [0.5, 0.6) is 0 Å². The van der Waals surface area contributed by atoms with E-state index in [0.717, 1.165) is 0 Å². The van der Waals surface area contributed by atoms with Gasteiger partial charge in [-0.15, -0.1) is 0 Å². The molecule has 0 rings (SSSR count). The van der Waals surface area contributed by atoms with E-state index in [9.17, 15) is 0 Å². The van der Waals surface area contributed by atoms with Gasteiger partial charge in [0.25, 0.3) is 0 Å². The molecule has 0 aromatic carbocycles. The number of nitrogens with zero attached hydrogens (tertiary/aromatic N) is 4. The van der Waals surface area contributed by atoms with Gasteiger partial charge in [-0.05, 0) is 0 Å². The summed E-state index contributed by atoms with van der Waals surface area (Å²) in [6.45, 7) is 3.83. The second-order valence-electron chi connectivity index (χ2n) is 4.02. The van der Waals surface area contributed by atoms with Crippen LogP contribution in [-0.4, -0.2) is 106 Å². The number of aliphatic hydroxyl groups is 4. The standard InChI is InChI=1S/C10H24N2O4.Mn.2NO3/c13-7-3-11(4-8-14)1-2-12(5-9-15)6-10-16;;2*2-1(3)4/h13-16H,1-10H2;;;/q;+2;2*-1. The molecule has 0 bridgehead atoms. The Morgan fingerprint density at radius 3 is 0.840 bits per heavy atom. The van der Waals surface area contributed by atoms with Crippen LogP contribution in [0.3, 0.4) is 0 Å². The molecule has 0 heterocycles. The van der Waals surface area contributed by atoms with Crippen molar-refractivity contribution in [2.24, 2.45) is 0 Å². The molecule has 4 N–H and O–H groups in total. The molecule has 151 valence electrons. The van der Waals surface area contributed by atoms with Gasteiger partial charge in [0, 0.05) is 39.3 Å². The maximum absolute atomic E-state index is 8.82. The van der Waals surface area contributed by atoms with Crippen LogP contribution in [0.15, 0.2) is 0 Å². The summed E-state index contributed by atoms with van der Waals surface area (Å²) in [7, 11) is 0. The number of hydrogen-bond donors (Lipinski definition) is 4. The average Bonchev–Trinajstić information content (AvgIpc) is 2.44. The fourth-order valence-electron chi connectivity index (χ4n) is 1.52. The second-order valence-corrected chi connectivity index (χ2v) is 4.02. The van der Waals surface area contributed by atoms with Crippen molar-refractivity contribution in [1.29, 1.82) is 0 Å². The van der Waals surface area contributed by atoms with E-state index in [0.29, 0.717) is 39.3 Å². The maximum atomic E-state index is 8.82. The van der Waals surface area contributed by atoms with E-state index >= 15 is 0 Å². The third-order valence-corrected chi connectivity index (χ3v) is 2.40. The first-order chi connectivity index (χ1) is 11.2. The second kappa shape index (κ2) is 24.9. The van der Waals surface area contributed by atoms with Crippen molar-refractivity contribution in [3.63, 3.8) is 0 Å². The normalized spacial score (nSPS) is 9.36. The van der Waals surface area contributed by atoms with E-state index in [1.807, 2.05) is 9.80 Å². The summed E-state index contributed by atoms with van der Waals surface area (Å²) in [6.07, 6.45) is 0. The molecule has 15 heteroatoms. The van der Waals surface area contributed by atoms with Crippen molar-refractivity contribution in [1.82, 2.24) is 9.80 Å². The minimum atomic E-state index is -1.75. The fraction of sp³-hybridized carbons (Fsp3) is 1.00. The molecule has 14 nitrogen and oxygen atoms in total. The van der Waals surface area contributed by atoms with E-state index in [-0.39, 0.29) is 43.5 Å². The van der Waals surface area contributed by atoms with Crippen molar-refractivity contribution in [2.75, 3.05) is 65.7 Å². The molecule has 0 aliphatic carbocycles. The van der Waals surface area contributed by atoms with Gasteiger partial charge in [0.15, 0.2) is 0 Å². The predicted octanol–water partition coefficient (Wildman–Crippen LogP) is -2.92. The minimum absolute atomic E-state index is 0. The zero-order valence-electron chi connectivity index (χ0n) is 13.5. The minimum Gasteiger partial charge on any atom is -0.395 e. The summed E-state index contributed by atoms with van der Waals surface area (Å²) in [5, 5.41) is 64.8. The molecule has 0 aliphatic rings. The molecule has 0 fully saturated rings. The van der Waals surface area contributed by atoms with Crippen LogP contribution >= 0.6 is 0 Å². The first-order valence-electron chi connectivity index (χ1n) is 6.76. The van der Waals surface area contributed by atoms with Gasteiger partial charge < -0.3 is 51.1 Å². The molecule has 0 saturated carbocycles. The molecule has 0 unspecified atom stereocenters. The summed E-state index contributed by atoms with van der Waals surface area (Å²) < 4.78 is 0. The van der Waals surface area contributed by atoms with Gasteiger partial charge in [-0.2, -0.15) is 0 Å².